The van der Waals surface area contributed by atoms with Crippen molar-refractivity contribution in [3.8, 4) is 0 Å². The van der Waals surface area contributed by atoms with E-state index in [0.717, 1.165) is 29.8 Å². The highest BCUT2D eigenvalue weighted by molar-refractivity contribution is 5.94. The van der Waals surface area contributed by atoms with Gasteiger partial charge < -0.3 is 14.4 Å². The summed E-state index contributed by atoms with van der Waals surface area (Å²) in [5.41, 5.74) is 3.61. The molecule has 1 amide bonds. The first-order valence-electron chi connectivity index (χ1n) is 8.92. The molecule has 1 fully saturated rings. The molecule has 0 aliphatic carbocycles. The van der Waals surface area contributed by atoms with Gasteiger partial charge in [0.1, 0.15) is 0 Å². The van der Waals surface area contributed by atoms with Gasteiger partial charge in [-0.1, -0.05) is 12.1 Å². The zero-order valence-corrected chi connectivity index (χ0v) is 15.4. The Balaban J connectivity index is 1.71. The molecule has 0 radical (unpaired) electrons. The summed E-state index contributed by atoms with van der Waals surface area (Å²) in [6, 6.07) is 7.68. The number of ether oxygens (including phenoxy) is 2. The third-order valence-corrected chi connectivity index (χ3v) is 4.67. The molecular weight excluding hydrogens is 330 g/mol. The molecule has 1 aliphatic rings. The Hall–Kier alpha value is -2.31. The van der Waals surface area contributed by atoms with E-state index in [4.69, 9.17) is 9.47 Å². The van der Waals surface area contributed by atoms with Crippen LogP contribution in [0.2, 0.25) is 0 Å². The number of aryl methyl sites for hydroxylation is 2. The zero-order valence-electron chi connectivity index (χ0n) is 15.4. The number of rotatable bonds is 6. The van der Waals surface area contributed by atoms with Crippen LogP contribution in [0.3, 0.4) is 0 Å². The molecule has 138 valence electrons. The molecule has 1 saturated heterocycles. The van der Waals surface area contributed by atoms with E-state index in [1.165, 1.54) is 0 Å². The summed E-state index contributed by atoms with van der Waals surface area (Å²) in [5.74, 6) is 0.0483. The van der Waals surface area contributed by atoms with Gasteiger partial charge in [-0.05, 0) is 37.5 Å². The molecule has 0 saturated carbocycles. The maximum atomic E-state index is 13.0. The largest absolute Gasteiger partial charge is 0.380 e. The van der Waals surface area contributed by atoms with Gasteiger partial charge in [0, 0.05) is 31.6 Å². The summed E-state index contributed by atoms with van der Waals surface area (Å²) < 4.78 is 10.8. The summed E-state index contributed by atoms with van der Waals surface area (Å²) in [6.07, 6.45) is 5.00. The van der Waals surface area contributed by atoms with E-state index < -0.39 is 0 Å². The van der Waals surface area contributed by atoms with Gasteiger partial charge in [-0.3, -0.25) is 14.8 Å². The fraction of sp³-hybridized carbons (Fsp3) is 0.450. The average molecular weight is 355 g/mol. The lowest BCUT2D eigenvalue weighted by atomic mass is 10.0. The third-order valence-electron chi connectivity index (χ3n) is 4.67. The number of hydrogen-bond acceptors (Lipinski definition) is 5. The molecule has 2 aromatic rings. The monoisotopic (exact) mass is 355 g/mol. The number of nitrogens with zero attached hydrogens (tertiary/aromatic N) is 3. The molecule has 0 spiro atoms. The molecule has 0 unspecified atom stereocenters. The molecule has 3 rings (SSSR count). The second-order valence-electron chi connectivity index (χ2n) is 6.49. The lowest BCUT2D eigenvalue weighted by Crippen LogP contribution is -2.49. The van der Waals surface area contributed by atoms with E-state index in [2.05, 4.69) is 9.97 Å². The number of benzene rings is 1. The van der Waals surface area contributed by atoms with Crippen molar-refractivity contribution in [2.75, 3.05) is 26.9 Å². The van der Waals surface area contributed by atoms with Crippen LogP contribution in [0.5, 0.6) is 0 Å². The van der Waals surface area contributed by atoms with E-state index in [1.807, 2.05) is 36.1 Å². The summed E-state index contributed by atoms with van der Waals surface area (Å²) in [6.45, 7) is 4.20. The summed E-state index contributed by atoms with van der Waals surface area (Å²) in [5, 5.41) is 0. The van der Waals surface area contributed by atoms with Crippen molar-refractivity contribution < 1.29 is 14.3 Å². The van der Waals surface area contributed by atoms with Crippen LogP contribution < -0.4 is 0 Å². The van der Waals surface area contributed by atoms with Gasteiger partial charge in [-0.2, -0.15) is 0 Å². The quantitative estimate of drug-likeness (QED) is 0.796. The van der Waals surface area contributed by atoms with Crippen LogP contribution in [0.1, 0.15) is 33.7 Å². The number of morpholine rings is 1. The standard InChI is InChI=1S/C20H25N3O3/c1-15-19(22-9-8-21-15)7-6-18-14-26-11-10-23(18)20(24)17-5-3-4-16(12-17)13-25-2/h3-5,8-9,12,18H,6-7,10-11,13-14H2,1-2H3/t18-/m0/s1. The molecule has 2 heterocycles. The van der Waals surface area contributed by atoms with E-state index >= 15 is 0 Å². The molecule has 1 aliphatic heterocycles. The highest BCUT2D eigenvalue weighted by Crippen LogP contribution is 2.18. The molecular formula is C20H25N3O3. The van der Waals surface area contributed by atoms with Crippen molar-refractivity contribution >= 4 is 5.91 Å². The van der Waals surface area contributed by atoms with Crippen molar-refractivity contribution in [3.05, 3.63) is 59.2 Å². The van der Waals surface area contributed by atoms with Gasteiger partial charge in [0.15, 0.2) is 0 Å². The topological polar surface area (TPSA) is 64.5 Å². The van der Waals surface area contributed by atoms with Crippen LogP contribution in [-0.4, -0.2) is 53.7 Å². The zero-order chi connectivity index (χ0) is 18.4. The first-order valence-corrected chi connectivity index (χ1v) is 8.92. The minimum atomic E-state index is 0.0451. The number of hydrogen-bond donors (Lipinski definition) is 0. The first kappa shape index (κ1) is 18.5. The van der Waals surface area contributed by atoms with Gasteiger partial charge >= 0.3 is 0 Å². The highest BCUT2D eigenvalue weighted by Gasteiger charge is 2.28. The fourth-order valence-corrected chi connectivity index (χ4v) is 3.27. The first-order chi connectivity index (χ1) is 12.7. The Labute approximate surface area is 154 Å². The number of carbonyl (C=O) groups excluding carboxylic acids is 1. The highest BCUT2D eigenvalue weighted by atomic mass is 16.5. The molecule has 6 nitrogen and oxygen atoms in total. The molecule has 0 bridgehead atoms. The Bertz CT molecular complexity index is 751. The van der Waals surface area contributed by atoms with Crippen molar-refractivity contribution in [1.82, 2.24) is 14.9 Å². The number of amides is 1. The minimum absolute atomic E-state index is 0.0451. The van der Waals surface area contributed by atoms with Gasteiger partial charge in [0.2, 0.25) is 0 Å². The SMILES string of the molecule is COCc1cccc(C(=O)N2CCOC[C@@H]2CCc2nccnc2C)c1. The van der Waals surface area contributed by atoms with E-state index in [-0.39, 0.29) is 11.9 Å². The van der Waals surface area contributed by atoms with Gasteiger partial charge in [0.25, 0.3) is 5.91 Å². The predicted molar refractivity (Wildman–Crippen MR) is 97.9 cm³/mol. The number of aromatic nitrogens is 2. The maximum Gasteiger partial charge on any atom is 0.254 e. The smallest absolute Gasteiger partial charge is 0.254 e. The molecule has 0 N–H and O–H groups in total. The third kappa shape index (κ3) is 4.45. The van der Waals surface area contributed by atoms with E-state index in [0.29, 0.717) is 31.9 Å². The number of carbonyl (C=O) groups is 1. The van der Waals surface area contributed by atoms with E-state index in [1.54, 1.807) is 19.5 Å². The fourth-order valence-electron chi connectivity index (χ4n) is 3.27. The molecule has 1 atom stereocenters. The molecule has 1 aromatic carbocycles. The summed E-state index contributed by atoms with van der Waals surface area (Å²) >= 11 is 0. The van der Waals surface area contributed by atoms with Crippen molar-refractivity contribution in [1.29, 1.82) is 0 Å². The predicted octanol–water partition coefficient (Wildman–Crippen LogP) is 2.41. The van der Waals surface area contributed by atoms with Crippen molar-refractivity contribution in [2.45, 2.75) is 32.4 Å². The lowest BCUT2D eigenvalue weighted by molar-refractivity contribution is -0.00415. The van der Waals surface area contributed by atoms with Crippen LogP contribution in [0, 0.1) is 6.92 Å². The van der Waals surface area contributed by atoms with Crippen molar-refractivity contribution in [2.24, 2.45) is 0 Å². The van der Waals surface area contributed by atoms with Crippen molar-refractivity contribution in [3.63, 3.8) is 0 Å². The number of methoxy groups -OCH3 is 1. The van der Waals surface area contributed by atoms with E-state index in [9.17, 15) is 4.79 Å². The Kier molecular flexibility index (Phi) is 6.30. The minimum Gasteiger partial charge on any atom is -0.380 e. The Morgan fingerprint density at radius 3 is 3.00 bits per heavy atom. The molecule has 6 heteroatoms. The van der Waals surface area contributed by atoms with Gasteiger partial charge in [-0.25, -0.2) is 0 Å². The maximum absolute atomic E-state index is 13.0. The Morgan fingerprint density at radius 1 is 1.35 bits per heavy atom. The van der Waals surface area contributed by atoms with Crippen LogP contribution in [-0.2, 0) is 22.5 Å². The normalized spacial score (nSPS) is 17.3. The average Bonchev–Trinajstić information content (AvgIpc) is 2.67. The van der Waals surface area contributed by atoms with Crippen LogP contribution >= 0.6 is 0 Å². The van der Waals surface area contributed by atoms with Crippen LogP contribution in [0.25, 0.3) is 0 Å². The Morgan fingerprint density at radius 2 is 2.19 bits per heavy atom. The van der Waals surface area contributed by atoms with Gasteiger partial charge in [-0.15, -0.1) is 0 Å². The molecule has 1 aromatic heterocycles. The molecule has 26 heavy (non-hydrogen) atoms. The summed E-state index contributed by atoms with van der Waals surface area (Å²) in [4.78, 5) is 23.7. The lowest BCUT2D eigenvalue weighted by Gasteiger charge is -2.36. The second kappa shape index (κ2) is 8.87. The van der Waals surface area contributed by atoms with Crippen LogP contribution in [0.15, 0.2) is 36.7 Å². The second-order valence-corrected chi connectivity index (χ2v) is 6.49. The van der Waals surface area contributed by atoms with Gasteiger partial charge in [0.05, 0.1) is 37.3 Å². The summed E-state index contributed by atoms with van der Waals surface area (Å²) in [7, 11) is 1.65. The van der Waals surface area contributed by atoms with Crippen LogP contribution in [0.4, 0.5) is 0 Å².